The highest BCUT2D eigenvalue weighted by Gasteiger charge is 1.95. The monoisotopic (exact) mass is 250 g/mol. The summed E-state index contributed by atoms with van der Waals surface area (Å²) in [7, 11) is 0. The normalized spacial score (nSPS) is 7.78. The summed E-state index contributed by atoms with van der Waals surface area (Å²) in [6, 6.07) is 4.48. The van der Waals surface area contributed by atoms with Gasteiger partial charge in [0, 0.05) is 0 Å². The summed E-state index contributed by atoms with van der Waals surface area (Å²) < 4.78 is 0. The summed E-state index contributed by atoms with van der Waals surface area (Å²) in [4.78, 5) is 35.2. The molecule has 0 aliphatic rings. The van der Waals surface area contributed by atoms with Crippen molar-refractivity contribution in [2.24, 2.45) is 0 Å². The Kier molecular flexibility index (Phi) is 11.6. The average molecular weight is 250 g/mol. The summed E-state index contributed by atoms with van der Waals surface area (Å²) in [5.41, 5.74) is 5.57. The molecule has 0 atom stereocenters. The van der Waals surface area contributed by atoms with E-state index >= 15 is 0 Å². The first-order chi connectivity index (χ1) is 8.44. The van der Waals surface area contributed by atoms with Crippen molar-refractivity contribution in [3.05, 3.63) is 34.4 Å². The van der Waals surface area contributed by atoms with E-state index < -0.39 is 0 Å². The third-order valence-corrected chi connectivity index (χ3v) is 2.22. The van der Waals surface area contributed by atoms with Crippen molar-refractivity contribution in [2.45, 2.75) is 27.7 Å². The highest BCUT2D eigenvalue weighted by Crippen LogP contribution is 2.13. The maximum atomic E-state index is 8.81. The van der Waals surface area contributed by atoms with Gasteiger partial charge in [-0.1, -0.05) is 12.1 Å². The molecule has 0 unspecified atom stereocenters. The van der Waals surface area contributed by atoms with Crippen LogP contribution in [0.3, 0.4) is 0 Å². The maximum Gasteiger partial charge on any atom is 0.182 e. The molecule has 1 aromatic carbocycles. The summed E-state index contributed by atoms with van der Waals surface area (Å²) in [5, 5.41) is 0. The first kappa shape index (κ1) is 18.3. The van der Waals surface area contributed by atoms with Crippen LogP contribution in [-0.2, 0) is 19.2 Å². The summed E-state index contributed by atoms with van der Waals surface area (Å²) in [6.45, 7) is 8.62. The SMILES string of the molecule is Cc1cc(C)c(C)cc1C.O=CC=O.O=CC=O. The Labute approximate surface area is 107 Å². The first-order valence-electron chi connectivity index (χ1n) is 5.26. The van der Waals surface area contributed by atoms with Gasteiger partial charge in [-0.3, -0.25) is 19.2 Å². The number of rotatable bonds is 2. The first-order valence-corrected chi connectivity index (χ1v) is 5.26. The van der Waals surface area contributed by atoms with Crippen LogP contribution in [0.1, 0.15) is 22.3 Å². The number of hydrogen-bond acceptors (Lipinski definition) is 4. The Balaban J connectivity index is 0. The third kappa shape index (κ3) is 9.15. The zero-order valence-corrected chi connectivity index (χ0v) is 11.1. The highest BCUT2D eigenvalue weighted by molar-refractivity contribution is 6.09. The maximum absolute atomic E-state index is 8.81. The molecule has 0 spiro atoms. The minimum Gasteiger partial charge on any atom is -0.295 e. The zero-order chi connectivity index (χ0) is 14.6. The van der Waals surface area contributed by atoms with Gasteiger partial charge in [-0.25, -0.2) is 0 Å². The molecule has 0 saturated heterocycles. The molecular weight excluding hydrogens is 232 g/mol. The lowest BCUT2D eigenvalue weighted by molar-refractivity contribution is -0.122. The van der Waals surface area contributed by atoms with Crippen LogP contribution in [0.2, 0.25) is 0 Å². The quantitative estimate of drug-likeness (QED) is 0.591. The van der Waals surface area contributed by atoms with Gasteiger partial charge in [0.25, 0.3) is 0 Å². The predicted octanol–water partition coefficient (Wildman–Crippen LogP) is 1.69. The highest BCUT2D eigenvalue weighted by atomic mass is 16.2. The van der Waals surface area contributed by atoms with Gasteiger partial charge in [-0.2, -0.15) is 0 Å². The van der Waals surface area contributed by atoms with E-state index in [0.29, 0.717) is 0 Å². The molecule has 0 bridgehead atoms. The fourth-order valence-electron chi connectivity index (χ4n) is 1.10. The van der Waals surface area contributed by atoms with Crippen molar-refractivity contribution >= 4 is 25.1 Å². The second kappa shape index (κ2) is 11.4. The molecule has 4 heteroatoms. The van der Waals surface area contributed by atoms with Crippen molar-refractivity contribution in [3.8, 4) is 0 Å². The van der Waals surface area contributed by atoms with E-state index in [4.69, 9.17) is 19.2 Å². The molecule has 0 heterocycles. The van der Waals surface area contributed by atoms with Crippen LogP contribution < -0.4 is 0 Å². The number of aldehydes is 4. The fraction of sp³-hybridized carbons (Fsp3) is 0.286. The van der Waals surface area contributed by atoms with Gasteiger partial charge in [0.1, 0.15) is 0 Å². The molecule has 0 saturated carbocycles. The summed E-state index contributed by atoms with van der Waals surface area (Å²) in [6.07, 6.45) is 0.778. The summed E-state index contributed by atoms with van der Waals surface area (Å²) >= 11 is 0. The van der Waals surface area contributed by atoms with Crippen LogP contribution in [0.25, 0.3) is 0 Å². The second-order valence-electron chi connectivity index (χ2n) is 3.57. The van der Waals surface area contributed by atoms with Crippen LogP contribution in [0.15, 0.2) is 12.1 Å². The minimum atomic E-state index is 0.194. The van der Waals surface area contributed by atoms with E-state index in [1.165, 1.54) is 22.3 Å². The largest absolute Gasteiger partial charge is 0.295 e. The molecule has 4 nitrogen and oxygen atoms in total. The van der Waals surface area contributed by atoms with E-state index in [9.17, 15) is 0 Å². The molecule has 98 valence electrons. The standard InChI is InChI=1S/C10H14.2C2H2O2/c1-7-5-9(3)10(4)6-8(7)2;2*3-1-2-4/h5-6H,1-4H3;2*1-2H. The van der Waals surface area contributed by atoms with E-state index in [2.05, 4.69) is 39.8 Å². The van der Waals surface area contributed by atoms with Crippen LogP contribution >= 0.6 is 0 Å². The molecular formula is C14H18O4. The predicted molar refractivity (Wildman–Crippen MR) is 69.6 cm³/mol. The second-order valence-corrected chi connectivity index (χ2v) is 3.57. The van der Waals surface area contributed by atoms with Gasteiger partial charge in [-0.15, -0.1) is 0 Å². The van der Waals surface area contributed by atoms with Crippen molar-refractivity contribution in [3.63, 3.8) is 0 Å². The molecule has 0 radical (unpaired) electrons. The van der Waals surface area contributed by atoms with Crippen molar-refractivity contribution in [2.75, 3.05) is 0 Å². The van der Waals surface area contributed by atoms with Gasteiger partial charge in [0.15, 0.2) is 25.1 Å². The van der Waals surface area contributed by atoms with Crippen LogP contribution in [0.5, 0.6) is 0 Å². The molecule has 0 aromatic heterocycles. The van der Waals surface area contributed by atoms with Gasteiger partial charge < -0.3 is 0 Å². The Bertz CT molecular complexity index is 334. The van der Waals surface area contributed by atoms with Crippen molar-refractivity contribution < 1.29 is 19.2 Å². The lowest BCUT2D eigenvalue weighted by atomic mass is 10.0. The molecule has 18 heavy (non-hydrogen) atoms. The Morgan fingerprint density at radius 2 is 0.722 bits per heavy atom. The van der Waals surface area contributed by atoms with E-state index in [1.54, 1.807) is 0 Å². The van der Waals surface area contributed by atoms with Crippen LogP contribution in [0.4, 0.5) is 0 Å². The van der Waals surface area contributed by atoms with Gasteiger partial charge >= 0.3 is 0 Å². The van der Waals surface area contributed by atoms with Gasteiger partial charge in [0.2, 0.25) is 0 Å². The summed E-state index contributed by atoms with van der Waals surface area (Å²) in [5.74, 6) is 0. The number of aryl methyl sites for hydroxylation is 4. The van der Waals surface area contributed by atoms with Crippen LogP contribution in [-0.4, -0.2) is 25.1 Å². The van der Waals surface area contributed by atoms with Crippen molar-refractivity contribution in [1.29, 1.82) is 0 Å². The molecule has 0 aliphatic carbocycles. The molecule has 0 amide bonds. The topological polar surface area (TPSA) is 68.3 Å². The number of carbonyl (C=O) groups excluding carboxylic acids is 4. The van der Waals surface area contributed by atoms with E-state index in [0.717, 1.165) is 0 Å². The molecule has 1 aromatic rings. The average Bonchev–Trinajstić information content (AvgIpc) is 2.37. The molecule has 0 fully saturated rings. The Morgan fingerprint density at radius 3 is 0.833 bits per heavy atom. The third-order valence-electron chi connectivity index (χ3n) is 2.22. The molecule has 1 rings (SSSR count). The Morgan fingerprint density at radius 1 is 0.556 bits per heavy atom. The number of hydrogen-bond donors (Lipinski definition) is 0. The number of benzene rings is 1. The lowest BCUT2D eigenvalue weighted by Crippen LogP contribution is -1.86. The van der Waals surface area contributed by atoms with E-state index in [-0.39, 0.29) is 25.1 Å². The zero-order valence-electron chi connectivity index (χ0n) is 11.1. The smallest absolute Gasteiger partial charge is 0.182 e. The van der Waals surface area contributed by atoms with E-state index in [1.807, 2.05) is 0 Å². The lowest BCUT2D eigenvalue weighted by Gasteiger charge is -2.04. The minimum absolute atomic E-state index is 0.194. The molecule has 0 N–H and O–H groups in total. The van der Waals surface area contributed by atoms with Crippen molar-refractivity contribution in [1.82, 2.24) is 0 Å². The Hall–Kier alpha value is -2.10. The van der Waals surface area contributed by atoms with Crippen LogP contribution in [0, 0.1) is 27.7 Å². The van der Waals surface area contributed by atoms with Gasteiger partial charge in [0.05, 0.1) is 0 Å². The van der Waals surface area contributed by atoms with Gasteiger partial charge in [-0.05, 0) is 49.9 Å². The number of carbonyl (C=O) groups is 4. The molecule has 0 aliphatic heterocycles. The fourth-order valence-corrected chi connectivity index (χ4v) is 1.10.